The third-order valence-electron chi connectivity index (χ3n) is 13.6. The second kappa shape index (κ2) is 13.6. The van der Waals surface area contributed by atoms with Gasteiger partial charge in [-0.05, 0) is 154 Å². The Balaban J connectivity index is 1.15. The molecule has 0 amide bonds. The Hall–Kier alpha value is -6.38. The fourth-order valence-electron chi connectivity index (χ4n) is 11.1. The van der Waals surface area contributed by atoms with Gasteiger partial charge in [0, 0.05) is 33.6 Å². The summed E-state index contributed by atoms with van der Waals surface area (Å²) < 4.78 is 0. The summed E-state index contributed by atoms with van der Waals surface area (Å²) in [6.07, 6.45) is 6.76. The van der Waals surface area contributed by atoms with Gasteiger partial charge in [-0.3, -0.25) is 0 Å². The van der Waals surface area contributed by atoms with Crippen molar-refractivity contribution in [3.63, 3.8) is 0 Å². The molecule has 1 atom stereocenters. The number of fused-ring (bicyclic) bond motifs is 8. The van der Waals surface area contributed by atoms with Crippen LogP contribution in [0.2, 0.25) is 0 Å². The Morgan fingerprint density at radius 1 is 0.397 bits per heavy atom. The lowest BCUT2D eigenvalue weighted by atomic mass is 9.59. The second-order valence-electron chi connectivity index (χ2n) is 17.2. The number of rotatable bonds is 6. The van der Waals surface area contributed by atoms with Gasteiger partial charge in [0.1, 0.15) is 0 Å². The summed E-state index contributed by atoms with van der Waals surface area (Å²) in [5.41, 5.74) is 18.6. The molecule has 1 spiro atoms. The van der Waals surface area contributed by atoms with E-state index in [2.05, 4.69) is 206 Å². The fourth-order valence-corrected chi connectivity index (χ4v) is 11.1. The fraction of sp³-hybridized carbons (Fsp3) is 0.179. The number of hydrogen-bond acceptors (Lipinski definition) is 2. The van der Waals surface area contributed by atoms with Crippen LogP contribution in [0.25, 0.3) is 21.9 Å². The number of anilines is 6. The molecule has 3 aliphatic rings. The first-order chi connectivity index (χ1) is 28.5. The molecule has 0 radical (unpaired) electrons. The van der Waals surface area contributed by atoms with E-state index in [0.717, 1.165) is 25.7 Å². The number of aryl methyl sites for hydroxylation is 2. The van der Waals surface area contributed by atoms with E-state index >= 15 is 0 Å². The highest BCUT2D eigenvalue weighted by Crippen LogP contribution is 2.58. The van der Waals surface area contributed by atoms with Gasteiger partial charge in [-0.1, -0.05) is 135 Å². The summed E-state index contributed by atoms with van der Waals surface area (Å²) in [5.74, 6) is 0. The monoisotopic (exact) mass is 748 g/mol. The van der Waals surface area contributed by atoms with E-state index in [9.17, 15) is 0 Å². The highest BCUT2D eigenvalue weighted by molar-refractivity contribution is 5.91. The maximum Gasteiger partial charge on any atom is 0.0505 e. The van der Waals surface area contributed by atoms with Crippen molar-refractivity contribution in [2.45, 2.75) is 63.2 Å². The molecule has 2 heteroatoms. The zero-order valence-corrected chi connectivity index (χ0v) is 33.5. The molecule has 0 unspecified atom stereocenters. The molecule has 11 rings (SSSR count). The van der Waals surface area contributed by atoms with Gasteiger partial charge in [0.15, 0.2) is 0 Å². The van der Waals surface area contributed by atoms with Crippen LogP contribution < -0.4 is 9.80 Å². The lowest BCUT2D eigenvalue weighted by Crippen LogP contribution is -2.38. The van der Waals surface area contributed by atoms with Gasteiger partial charge in [-0.15, -0.1) is 0 Å². The summed E-state index contributed by atoms with van der Waals surface area (Å²) in [4.78, 5) is 5.13. The summed E-state index contributed by atoms with van der Waals surface area (Å²) >= 11 is 0. The minimum absolute atomic E-state index is 0.0947. The number of para-hydroxylation sites is 2. The average molecular weight is 749 g/mol. The van der Waals surface area contributed by atoms with Crippen LogP contribution >= 0.6 is 0 Å². The van der Waals surface area contributed by atoms with Gasteiger partial charge in [-0.25, -0.2) is 0 Å². The molecule has 8 aromatic carbocycles. The molecule has 0 aliphatic heterocycles. The molecule has 0 saturated heterocycles. The van der Waals surface area contributed by atoms with E-state index in [-0.39, 0.29) is 10.8 Å². The number of benzene rings is 8. The van der Waals surface area contributed by atoms with Crippen molar-refractivity contribution >= 4 is 44.9 Å². The van der Waals surface area contributed by atoms with Crippen molar-refractivity contribution in [2.75, 3.05) is 9.80 Å². The Bertz CT molecular complexity index is 2830. The first-order valence-electron chi connectivity index (χ1n) is 21.2. The van der Waals surface area contributed by atoms with E-state index < -0.39 is 0 Å². The molecule has 0 aromatic heterocycles. The largest absolute Gasteiger partial charge is 0.310 e. The van der Waals surface area contributed by atoms with Gasteiger partial charge in [0.2, 0.25) is 0 Å². The lowest BCUT2D eigenvalue weighted by Gasteiger charge is -2.48. The standard InChI is InChI=1S/C56H48N2/c1-55(2)49-28-12-11-27-47(49)48-34-33-46(38-50(48)55)58(44-25-7-4-8-26-44)52-30-14-20-41-22-16-36-56(54(41)52)35-15-21-40-19-13-29-51(53(40)56)57(43-23-5-3-6-24-43)45-32-31-39-17-9-10-18-42(39)37-45/h3-14,17-20,23-34,37-38H,15-16,21-22,35-36H2,1-2H3/t56-/m1/s1. The molecular weight excluding hydrogens is 701 g/mol. The van der Waals surface area contributed by atoms with Crippen LogP contribution in [-0.4, -0.2) is 0 Å². The highest BCUT2D eigenvalue weighted by Gasteiger charge is 2.46. The minimum atomic E-state index is -0.169. The van der Waals surface area contributed by atoms with Crippen LogP contribution in [-0.2, 0) is 23.7 Å². The molecule has 0 N–H and O–H groups in total. The summed E-state index contributed by atoms with van der Waals surface area (Å²) in [6.45, 7) is 4.78. The van der Waals surface area contributed by atoms with E-state index in [1.807, 2.05) is 0 Å². The quantitative estimate of drug-likeness (QED) is 0.167. The van der Waals surface area contributed by atoms with Crippen LogP contribution in [0, 0.1) is 0 Å². The van der Waals surface area contributed by atoms with Crippen LogP contribution in [0.3, 0.4) is 0 Å². The zero-order valence-electron chi connectivity index (χ0n) is 33.5. The van der Waals surface area contributed by atoms with Crippen molar-refractivity contribution in [2.24, 2.45) is 0 Å². The molecule has 0 fully saturated rings. The van der Waals surface area contributed by atoms with Gasteiger partial charge >= 0.3 is 0 Å². The van der Waals surface area contributed by atoms with Crippen molar-refractivity contribution in [1.82, 2.24) is 0 Å². The molecule has 3 aliphatic carbocycles. The van der Waals surface area contributed by atoms with Crippen LogP contribution in [0.1, 0.15) is 72.9 Å². The summed E-state index contributed by atoms with van der Waals surface area (Å²) in [7, 11) is 0. The highest BCUT2D eigenvalue weighted by atomic mass is 15.2. The van der Waals surface area contributed by atoms with Crippen LogP contribution in [0.4, 0.5) is 34.1 Å². The van der Waals surface area contributed by atoms with Crippen LogP contribution in [0.15, 0.2) is 182 Å². The zero-order chi connectivity index (χ0) is 38.8. The maximum atomic E-state index is 2.58. The first kappa shape index (κ1) is 34.8. The molecule has 58 heavy (non-hydrogen) atoms. The third-order valence-corrected chi connectivity index (χ3v) is 13.6. The first-order valence-corrected chi connectivity index (χ1v) is 21.2. The normalized spacial score (nSPS) is 17.3. The second-order valence-corrected chi connectivity index (χ2v) is 17.2. The van der Waals surface area contributed by atoms with Crippen molar-refractivity contribution < 1.29 is 0 Å². The number of nitrogens with zero attached hydrogens (tertiary/aromatic N) is 2. The van der Waals surface area contributed by atoms with Crippen molar-refractivity contribution in [3.05, 3.63) is 215 Å². The minimum Gasteiger partial charge on any atom is -0.310 e. The predicted molar refractivity (Wildman–Crippen MR) is 244 cm³/mol. The predicted octanol–water partition coefficient (Wildman–Crippen LogP) is 15.0. The number of hydrogen-bond donors (Lipinski definition) is 0. The maximum absolute atomic E-state index is 2.58. The Morgan fingerprint density at radius 2 is 0.914 bits per heavy atom. The molecular formula is C56H48N2. The van der Waals surface area contributed by atoms with Gasteiger partial charge in [0.25, 0.3) is 0 Å². The lowest BCUT2D eigenvalue weighted by molar-refractivity contribution is 0.369. The molecule has 282 valence electrons. The van der Waals surface area contributed by atoms with E-state index in [1.165, 1.54) is 102 Å². The third kappa shape index (κ3) is 5.38. The molecule has 0 saturated carbocycles. The smallest absolute Gasteiger partial charge is 0.0505 e. The summed E-state index contributed by atoms with van der Waals surface area (Å²) in [5, 5.41) is 2.52. The SMILES string of the molecule is CC1(C)c2ccccc2-c2ccc(N(c3ccccc3)c3cccc4c3[C@@]3(CCC4)CCCc4cccc(N(c5ccccc5)c5ccc6ccccc6c5)c43)cc21. The topological polar surface area (TPSA) is 6.48 Å². The van der Waals surface area contributed by atoms with Gasteiger partial charge in [-0.2, -0.15) is 0 Å². The van der Waals surface area contributed by atoms with Crippen molar-refractivity contribution in [3.8, 4) is 11.1 Å². The molecule has 0 bridgehead atoms. The molecule has 0 heterocycles. The van der Waals surface area contributed by atoms with Gasteiger partial charge < -0.3 is 9.80 Å². The summed E-state index contributed by atoms with van der Waals surface area (Å²) in [6, 6.07) is 68.4. The Kier molecular flexibility index (Phi) is 8.19. The molecule has 8 aromatic rings. The average Bonchev–Trinajstić information content (AvgIpc) is 3.50. The van der Waals surface area contributed by atoms with Crippen molar-refractivity contribution in [1.29, 1.82) is 0 Å². The van der Waals surface area contributed by atoms with E-state index in [4.69, 9.17) is 0 Å². The molecule has 2 nitrogen and oxygen atoms in total. The Labute approximate surface area is 343 Å². The van der Waals surface area contributed by atoms with E-state index in [1.54, 1.807) is 0 Å². The Morgan fingerprint density at radius 3 is 1.55 bits per heavy atom. The van der Waals surface area contributed by atoms with Crippen LogP contribution in [0.5, 0.6) is 0 Å². The van der Waals surface area contributed by atoms with E-state index in [0.29, 0.717) is 0 Å². The van der Waals surface area contributed by atoms with Gasteiger partial charge in [0.05, 0.1) is 11.4 Å².